The number of hydrogen-bond acceptors (Lipinski definition) is 3. The van der Waals surface area contributed by atoms with Crippen LogP contribution >= 0.6 is 0 Å². The molecule has 1 fully saturated rings. The van der Waals surface area contributed by atoms with Crippen LogP contribution in [0.1, 0.15) is 25.3 Å². The summed E-state index contributed by atoms with van der Waals surface area (Å²) in [5, 5.41) is 2.25. The van der Waals surface area contributed by atoms with Gasteiger partial charge in [0.2, 0.25) is 11.8 Å². The van der Waals surface area contributed by atoms with Crippen LogP contribution in [0.25, 0.3) is 0 Å². The summed E-state index contributed by atoms with van der Waals surface area (Å²) >= 11 is 0. The van der Waals surface area contributed by atoms with Crippen molar-refractivity contribution >= 4 is 23.5 Å². The van der Waals surface area contributed by atoms with E-state index in [-0.39, 0.29) is 0 Å². The van der Waals surface area contributed by atoms with Crippen molar-refractivity contribution in [3.8, 4) is 0 Å². The summed E-state index contributed by atoms with van der Waals surface area (Å²) in [7, 11) is 0. The minimum atomic E-state index is -0.776. The number of urea groups is 1. The Balaban J connectivity index is 2.39. The molecule has 1 aliphatic rings. The summed E-state index contributed by atoms with van der Waals surface area (Å²) in [5.41, 5.74) is 1.34. The maximum absolute atomic E-state index is 12.3. The zero-order chi connectivity index (χ0) is 14.0. The molecule has 1 saturated heterocycles. The number of benzene rings is 1. The van der Waals surface area contributed by atoms with Crippen molar-refractivity contribution in [1.82, 2.24) is 5.32 Å². The number of nitrogens with one attached hydrogen (secondary N) is 1. The topological polar surface area (TPSA) is 66.5 Å². The number of hydrogen-bond donors (Lipinski definition) is 1. The van der Waals surface area contributed by atoms with Crippen molar-refractivity contribution in [3.05, 3.63) is 29.8 Å². The predicted molar refractivity (Wildman–Crippen MR) is 70.6 cm³/mol. The molecular formula is C14H16N2O3. The highest BCUT2D eigenvalue weighted by atomic mass is 16.2. The Hall–Kier alpha value is -2.17. The molecule has 0 aliphatic carbocycles. The van der Waals surface area contributed by atoms with E-state index in [0.29, 0.717) is 18.5 Å². The number of carbonyl (C=O) groups is 3. The molecule has 5 heteroatoms. The number of carbonyl (C=O) groups excluding carboxylic acids is 3. The van der Waals surface area contributed by atoms with Gasteiger partial charge in [-0.25, -0.2) is 9.69 Å². The Bertz CT molecular complexity index is 539. The van der Waals surface area contributed by atoms with Crippen LogP contribution in [0.3, 0.4) is 0 Å². The standard InChI is InChI=1S/C14H16N2O3/c1-3-6-10-12(17)15-14(19)16(13(10)18)11-8-5-4-7-9(11)2/h4-5,7-8,10H,3,6H2,1-2H3,(H,15,17,19). The molecule has 1 aromatic carbocycles. The molecule has 1 heterocycles. The van der Waals surface area contributed by atoms with Gasteiger partial charge in [0.25, 0.3) is 0 Å². The lowest BCUT2D eigenvalue weighted by Crippen LogP contribution is -2.58. The molecule has 1 N–H and O–H groups in total. The van der Waals surface area contributed by atoms with Gasteiger partial charge >= 0.3 is 6.03 Å². The Morgan fingerprint density at radius 3 is 2.53 bits per heavy atom. The normalized spacial score (nSPS) is 19.6. The van der Waals surface area contributed by atoms with E-state index < -0.39 is 23.8 Å². The van der Waals surface area contributed by atoms with Crippen molar-refractivity contribution < 1.29 is 14.4 Å². The molecule has 1 atom stereocenters. The molecule has 1 unspecified atom stereocenters. The molecule has 0 aromatic heterocycles. The number of nitrogens with zero attached hydrogens (tertiary/aromatic N) is 1. The zero-order valence-electron chi connectivity index (χ0n) is 11.0. The van der Waals surface area contributed by atoms with Gasteiger partial charge in [-0.1, -0.05) is 31.5 Å². The maximum atomic E-state index is 12.3. The average molecular weight is 260 g/mol. The molecular weight excluding hydrogens is 244 g/mol. The van der Waals surface area contributed by atoms with Gasteiger partial charge < -0.3 is 0 Å². The van der Waals surface area contributed by atoms with Crippen LogP contribution in [0.2, 0.25) is 0 Å². The van der Waals surface area contributed by atoms with Crippen LogP contribution in [0.15, 0.2) is 24.3 Å². The first-order valence-corrected chi connectivity index (χ1v) is 6.30. The molecule has 100 valence electrons. The minimum Gasteiger partial charge on any atom is -0.277 e. The smallest absolute Gasteiger partial charge is 0.277 e. The van der Waals surface area contributed by atoms with Crippen molar-refractivity contribution in [2.45, 2.75) is 26.7 Å². The second-order valence-electron chi connectivity index (χ2n) is 4.60. The van der Waals surface area contributed by atoms with E-state index in [1.165, 1.54) is 0 Å². The number of amides is 4. The third-order valence-corrected chi connectivity index (χ3v) is 3.20. The van der Waals surface area contributed by atoms with Crippen molar-refractivity contribution in [2.24, 2.45) is 5.92 Å². The van der Waals surface area contributed by atoms with Crippen LogP contribution in [-0.2, 0) is 9.59 Å². The summed E-state index contributed by atoms with van der Waals surface area (Å²) in [4.78, 5) is 37.0. The van der Waals surface area contributed by atoms with E-state index in [4.69, 9.17) is 0 Å². The number of imide groups is 2. The van der Waals surface area contributed by atoms with Gasteiger partial charge in [0.05, 0.1) is 5.69 Å². The van der Waals surface area contributed by atoms with Crippen LogP contribution in [-0.4, -0.2) is 17.8 Å². The minimum absolute atomic E-state index is 0.440. The summed E-state index contributed by atoms with van der Waals surface area (Å²) in [6.45, 7) is 3.72. The fourth-order valence-corrected chi connectivity index (χ4v) is 2.20. The van der Waals surface area contributed by atoms with Crippen LogP contribution in [0.4, 0.5) is 10.5 Å². The molecule has 4 amide bonds. The SMILES string of the molecule is CCCC1C(=O)NC(=O)N(c2ccccc2C)C1=O. The van der Waals surface area contributed by atoms with Crippen molar-refractivity contribution in [3.63, 3.8) is 0 Å². The number of anilines is 1. The highest BCUT2D eigenvalue weighted by Gasteiger charge is 2.40. The fourth-order valence-electron chi connectivity index (χ4n) is 2.20. The Labute approximate surface area is 111 Å². The first-order chi connectivity index (χ1) is 9.06. The van der Waals surface area contributed by atoms with Crippen molar-refractivity contribution in [1.29, 1.82) is 0 Å². The quantitative estimate of drug-likeness (QED) is 0.845. The largest absolute Gasteiger partial charge is 0.335 e. The summed E-state index contributed by atoms with van der Waals surface area (Å²) in [5.74, 6) is -1.71. The Morgan fingerprint density at radius 1 is 1.21 bits per heavy atom. The van der Waals surface area contributed by atoms with Gasteiger partial charge in [-0.3, -0.25) is 14.9 Å². The molecule has 2 rings (SSSR count). The number of rotatable bonds is 3. The van der Waals surface area contributed by atoms with Crippen LogP contribution < -0.4 is 10.2 Å². The maximum Gasteiger partial charge on any atom is 0.335 e. The third kappa shape index (κ3) is 2.36. The first kappa shape index (κ1) is 13.3. The van der Waals surface area contributed by atoms with Gasteiger partial charge in [0.15, 0.2) is 0 Å². The lowest BCUT2D eigenvalue weighted by atomic mass is 9.98. The third-order valence-electron chi connectivity index (χ3n) is 3.20. The van der Waals surface area contributed by atoms with Gasteiger partial charge in [0, 0.05) is 0 Å². The number of aryl methyl sites for hydroxylation is 1. The van der Waals surface area contributed by atoms with Crippen molar-refractivity contribution in [2.75, 3.05) is 4.90 Å². The molecule has 0 bridgehead atoms. The summed E-state index contributed by atoms with van der Waals surface area (Å²) in [6.07, 6.45) is 1.15. The van der Waals surface area contributed by atoms with Gasteiger partial charge in [-0.15, -0.1) is 0 Å². The van der Waals surface area contributed by atoms with E-state index >= 15 is 0 Å². The zero-order valence-corrected chi connectivity index (χ0v) is 11.0. The van der Waals surface area contributed by atoms with E-state index in [2.05, 4.69) is 5.32 Å². The first-order valence-electron chi connectivity index (χ1n) is 6.30. The van der Waals surface area contributed by atoms with Gasteiger partial charge in [0.1, 0.15) is 5.92 Å². The van der Waals surface area contributed by atoms with E-state index in [1.807, 2.05) is 26.0 Å². The Morgan fingerprint density at radius 2 is 1.89 bits per heavy atom. The molecule has 0 radical (unpaired) electrons. The number of barbiturate groups is 1. The van der Waals surface area contributed by atoms with E-state index in [1.54, 1.807) is 12.1 Å². The molecule has 0 saturated carbocycles. The van der Waals surface area contributed by atoms with Gasteiger partial charge in [-0.05, 0) is 25.0 Å². The molecule has 19 heavy (non-hydrogen) atoms. The predicted octanol–water partition coefficient (Wildman–Crippen LogP) is 1.99. The second kappa shape index (κ2) is 5.22. The molecule has 1 aliphatic heterocycles. The highest BCUT2D eigenvalue weighted by Crippen LogP contribution is 2.25. The van der Waals surface area contributed by atoms with E-state index in [0.717, 1.165) is 10.5 Å². The fraction of sp³-hybridized carbons (Fsp3) is 0.357. The van der Waals surface area contributed by atoms with E-state index in [9.17, 15) is 14.4 Å². The highest BCUT2D eigenvalue weighted by molar-refractivity contribution is 6.27. The van der Waals surface area contributed by atoms with Crippen LogP contribution in [0.5, 0.6) is 0 Å². The average Bonchev–Trinajstić information content (AvgIpc) is 2.36. The monoisotopic (exact) mass is 260 g/mol. The number of para-hydroxylation sites is 1. The molecule has 1 aromatic rings. The lowest BCUT2D eigenvalue weighted by molar-refractivity contribution is -0.134. The van der Waals surface area contributed by atoms with Crippen LogP contribution in [0, 0.1) is 12.8 Å². The summed E-state index contributed by atoms with van der Waals surface area (Å²) in [6, 6.07) is 6.44. The second-order valence-corrected chi connectivity index (χ2v) is 4.60. The summed E-state index contributed by atoms with van der Waals surface area (Å²) < 4.78 is 0. The lowest BCUT2D eigenvalue weighted by Gasteiger charge is -2.30. The molecule has 5 nitrogen and oxygen atoms in total. The van der Waals surface area contributed by atoms with Gasteiger partial charge in [-0.2, -0.15) is 0 Å². The Kier molecular flexibility index (Phi) is 3.64. The molecule has 0 spiro atoms.